The van der Waals surface area contributed by atoms with E-state index in [1.165, 1.54) is 22.0 Å². The van der Waals surface area contributed by atoms with Crippen LogP contribution in [0.25, 0.3) is 21.8 Å². The SMILES string of the molecule is Cc1ccc2nccc(N3CCC(C(=O)NCCCn4nc(C)c5ccccc54)CC3)c2c1. The zero-order chi connectivity index (χ0) is 22.8. The maximum atomic E-state index is 12.8. The molecule has 4 aromatic rings. The molecule has 5 rings (SSSR count). The normalized spacial score (nSPS) is 14.8. The van der Waals surface area contributed by atoms with Crippen LogP contribution >= 0.6 is 0 Å². The number of anilines is 1. The van der Waals surface area contributed by atoms with Gasteiger partial charge < -0.3 is 10.2 Å². The number of hydrogen-bond donors (Lipinski definition) is 1. The molecule has 0 radical (unpaired) electrons. The van der Waals surface area contributed by atoms with Crippen molar-refractivity contribution in [3.63, 3.8) is 0 Å². The Morgan fingerprint density at radius 2 is 1.88 bits per heavy atom. The number of nitrogens with zero attached hydrogens (tertiary/aromatic N) is 4. The van der Waals surface area contributed by atoms with Gasteiger partial charge in [0.05, 0.1) is 16.7 Å². The standard InChI is InChI=1S/C27H31N5O/c1-19-8-9-24-23(18-19)25(10-14-28-24)31-16-11-21(12-17-31)27(33)29-13-5-15-32-26-7-4-3-6-22(26)20(2)30-32/h3-4,6-10,14,18,21H,5,11-13,15-17H2,1-2H3,(H,29,33). The van der Waals surface area contributed by atoms with Crippen LogP contribution in [0.4, 0.5) is 5.69 Å². The summed E-state index contributed by atoms with van der Waals surface area (Å²) in [4.78, 5) is 19.7. The molecule has 0 spiro atoms. The number of aromatic nitrogens is 3. The molecule has 1 aliphatic heterocycles. The average Bonchev–Trinajstić information content (AvgIpc) is 3.17. The summed E-state index contributed by atoms with van der Waals surface area (Å²) in [5.41, 5.74) is 5.71. The Morgan fingerprint density at radius 3 is 2.73 bits per heavy atom. The Kier molecular flexibility index (Phi) is 5.99. The average molecular weight is 442 g/mol. The summed E-state index contributed by atoms with van der Waals surface area (Å²) in [6.45, 7) is 7.43. The molecule has 0 saturated carbocycles. The van der Waals surface area contributed by atoms with Crippen molar-refractivity contribution in [2.75, 3.05) is 24.5 Å². The Labute approximate surface area is 194 Å². The lowest BCUT2D eigenvalue weighted by Crippen LogP contribution is -2.41. The second-order valence-electron chi connectivity index (χ2n) is 9.08. The van der Waals surface area contributed by atoms with E-state index in [4.69, 9.17) is 0 Å². The quantitative estimate of drug-likeness (QED) is 0.443. The fourth-order valence-corrected chi connectivity index (χ4v) is 4.95. The van der Waals surface area contributed by atoms with Gasteiger partial charge in [-0.2, -0.15) is 5.10 Å². The van der Waals surface area contributed by atoms with Crippen LogP contribution in [0.2, 0.25) is 0 Å². The van der Waals surface area contributed by atoms with Crippen LogP contribution in [0.15, 0.2) is 54.7 Å². The van der Waals surface area contributed by atoms with Gasteiger partial charge in [0.15, 0.2) is 0 Å². The van der Waals surface area contributed by atoms with Crippen molar-refractivity contribution < 1.29 is 4.79 Å². The van der Waals surface area contributed by atoms with Crippen LogP contribution < -0.4 is 10.2 Å². The van der Waals surface area contributed by atoms with E-state index in [1.54, 1.807) is 0 Å². The summed E-state index contributed by atoms with van der Waals surface area (Å²) >= 11 is 0. The molecule has 2 aromatic carbocycles. The first-order valence-corrected chi connectivity index (χ1v) is 11.9. The molecule has 0 bridgehead atoms. The first kappa shape index (κ1) is 21.4. The number of hydrogen-bond acceptors (Lipinski definition) is 4. The highest BCUT2D eigenvalue weighted by Gasteiger charge is 2.25. The van der Waals surface area contributed by atoms with Crippen molar-refractivity contribution in [1.82, 2.24) is 20.1 Å². The molecular formula is C27H31N5O. The topological polar surface area (TPSA) is 63.1 Å². The van der Waals surface area contributed by atoms with Crippen LogP contribution in [0.5, 0.6) is 0 Å². The van der Waals surface area contributed by atoms with Gasteiger partial charge in [-0.05, 0) is 57.4 Å². The van der Waals surface area contributed by atoms with Crippen LogP contribution in [0, 0.1) is 19.8 Å². The number of carbonyl (C=O) groups is 1. The smallest absolute Gasteiger partial charge is 0.223 e. The molecule has 0 unspecified atom stereocenters. The first-order chi connectivity index (χ1) is 16.1. The third-order valence-corrected chi connectivity index (χ3v) is 6.77. The van der Waals surface area contributed by atoms with Crippen molar-refractivity contribution in [2.24, 2.45) is 5.92 Å². The van der Waals surface area contributed by atoms with Crippen LogP contribution in [0.1, 0.15) is 30.5 Å². The number of carbonyl (C=O) groups excluding carboxylic acids is 1. The Hall–Kier alpha value is -3.41. The monoisotopic (exact) mass is 441 g/mol. The number of benzene rings is 2. The van der Waals surface area contributed by atoms with E-state index in [1.807, 2.05) is 25.3 Å². The summed E-state index contributed by atoms with van der Waals surface area (Å²) in [5, 5.41) is 10.2. The Morgan fingerprint density at radius 1 is 1.06 bits per heavy atom. The molecule has 2 aromatic heterocycles. The van der Waals surface area contributed by atoms with E-state index >= 15 is 0 Å². The highest BCUT2D eigenvalue weighted by molar-refractivity contribution is 5.92. The molecule has 1 N–H and O–H groups in total. The van der Waals surface area contributed by atoms with Crippen molar-refractivity contribution in [2.45, 2.75) is 39.7 Å². The predicted molar refractivity (Wildman–Crippen MR) is 134 cm³/mol. The Balaban J connectivity index is 1.13. The van der Waals surface area contributed by atoms with Crippen molar-refractivity contribution in [1.29, 1.82) is 0 Å². The lowest BCUT2D eigenvalue weighted by Gasteiger charge is -2.33. The molecule has 1 fully saturated rings. The maximum absolute atomic E-state index is 12.8. The second kappa shape index (κ2) is 9.22. The summed E-state index contributed by atoms with van der Waals surface area (Å²) < 4.78 is 2.05. The number of rotatable bonds is 6. The molecule has 0 aliphatic carbocycles. The highest BCUT2D eigenvalue weighted by atomic mass is 16.1. The van der Waals surface area contributed by atoms with E-state index in [0.717, 1.165) is 55.6 Å². The van der Waals surface area contributed by atoms with Gasteiger partial charge >= 0.3 is 0 Å². The molecule has 170 valence electrons. The zero-order valence-corrected chi connectivity index (χ0v) is 19.4. The predicted octanol–water partition coefficient (Wildman–Crippen LogP) is 4.62. The summed E-state index contributed by atoms with van der Waals surface area (Å²) in [6.07, 6.45) is 4.52. The molecule has 6 nitrogen and oxygen atoms in total. The van der Waals surface area contributed by atoms with Gasteiger partial charge in [-0.3, -0.25) is 14.5 Å². The van der Waals surface area contributed by atoms with Crippen LogP contribution in [-0.2, 0) is 11.3 Å². The molecule has 0 atom stereocenters. The fourth-order valence-electron chi connectivity index (χ4n) is 4.95. The minimum atomic E-state index is 0.0869. The van der Waals surface area contributed by atoms with E-state index in [9.17, 15) is 4.79 Å². The minimum absolute atomic E-state index is 0.0869. The maximum Gasteiger partial charge on any atom is 0.223 e. The number of pyridine rings is 1. The molecular weight excluding hydrogens is 410 g/mol. The molecule has 1 aliphatic rings. The largest absolute Gasteiger partial charge is 0.371 e. The van der Waals surface area contributed by atoms with Gasteiger partial charge in [-0.25, -0.2) is 0 Å². The Bertz CT molecular complexity index is 1290. The van der Waals surface area contributed by atoms with Gasteiger partial charge in [-0.1, -0.05) is 29.8 Å². The lowest BCUT2D eigenvalue weighted by atomic mass is 9.95. The van der Waals surface area contributed by atoms with Crippen molar-refractivity contribution in [3.8, 4) is 0 Å². The molecule has 1 saturated heterocycles. The second-order valence-corrected chi connectivity index (χ2v) is 9.08. The molecule has 33 heavy (non-hydrogen) atoms. The molecule has 1 amide bonds. The zero-order valence-electron chi connectivity index (χ0n) is 19.4. The first-order valence-electron chi connectivity index (χ1n) is 11.9. The third-order valence-electron chi connectivity index (χ3n) is 6.77. The third kappa shape index (κ3) is 4.42. The number of aryl methyl sites for hydroxylation is 3. The number of amides is 1. The van der Waals surface area contributed by atoms with Gasteiger partial charge in [0.1, 0.15) is 0 Å². The lowest BCUT2D eigenvalue weighted by molar-refractivity contribution is -0.125. The van der Waals surface area contributed by atoms with Gasteiger partial charge in [0.25, 0.3) is 0 Å². The van der Waals surface area contributed by atoms with Crippen LogP contribution in [-0.4, -0.2) is 40.3 Å². The van der Waals surface area contributed by atoms with Gasteiger partial charge in [0.2, 0.25) is 5.91 Å². The summed E-state index contributed by atoms with van der Waals surface area (Å²) in [7, 11) is 0. The number of nitrogens with one attached hydrogen (secondary N) is 1. The van der Waals surface area contributed by atoms with E-state index < -0.39 is 0 Å². The van der Waals surface area contributed by atoms with E-state index in [2.05, 4.69) is 68.3 Å². The van der Waals surface area contributed by atoms with Crippen molar-refractivity contribution in [3.05, 3.63) is 66.0 Å². The van der Waals surface area contributed by atoms with Crippen molar-refractivity contribution >= 4 is 33.4 Å². The minimum Gasteiger partial charge on any atom is -0.371 e. The number of piperidine rings is 1. The van der Waals surface area contributed by atoms with Gasteiger partial charge in [-0.15, -0.1) is 0 Å². The fraction of sp³-hybridized carbons (Fsp3) is 0.370. The number of para-hydroxylation sites is 1. The van der Waals surface area contributed by atoms with Gasteiger partial charge in [0, 0.05) is 54.8 Å². The number of fused-ring (bicyclic) bond motifs is 2. The molecule has 6 heteroatoms. The van der Waals surface area contributed by atoms with E-state index in [0.29, 0.717) is 6.54 Å². The highest BCUT2D eigenvalue weighted by Crippen LogP contribution is 2.30. The summed E-state index contributed by atoms with van der Waals surface area (Å²) in [6, 6.07) is 16.8. The van der Waals surface area contributed by atoms with Crippen LogP contribution in [0.3, 0.4) is 0 Å². The molecule has 3 heterocycles. The summed E-state index contributed by atoms with van der Waals surface area (Å²) in [5.74, 6) is 0.274. The van der Waals surface area contributed by atoms with E-state index in [-0.39, 0.29) is 11.8 Å².